The smallest absolute Gasteiger partial charge is 0.407 e. The molecule has 0 aromatic heterocycles. The number of nitrogens with two attached hydrogens (primary N) is 1. The molecule has 110 valence electrons. The number of ether oxygens (including phenoxy) is 1. The largest absolute Gasteiger partial charge is 0.453 e. The zero-order valence-corrected chi connectivity index (χ0v) is 11.7. The summed E-state index contributed by atoms with van der Waals surface area (Å²) in [6.07, 6.45) is 0.313. The summed E-state index contributed by atoms with van der Waals surface area (Å²) < 4.78 is 18.7. The van der Waals surface area contributed by atoms with Gasteiger partial charge in [0.05, 0.1) is 18.8 Å². The Morgan fingerprint density at radius 3 is 2.95 bits per heavy atom. The minimum Gasteiger partial charge on any atom is -0.453 e. The third-order valence-corrected chi connectivity index (χ3v) is 3.53. The number of carbonyl (C=O) groups is 1. The van der Waals surface area contributed by atoms with E-state index in [2.05, 4.69) is 10.1 Å². The van der Waals surface area contributed by atoms with Gasteiger partial charge in [-0.05, 0) is 31.0 Å². The highest BCUT2D eigenvalue weighted by Gasteiger charge is 2.26. The van der Waals surface area contributed by atoms with Crippen LogP contribution in [0.5, 0.6) is 0 Å². The number of benzene rings is 1. The number of anilines is 1. The SMILES string of the molecule is COC(=O)NC1CCN(c2ccc([C@H](C)N)cc2F)C1. The van der Waals surface area contributed by atoms with Crippen molar-refractivity contribution in [3.8, 4) is 0 Å². The van der Waals surface area contributed by atoms with Crippen LogP contribution in [-0.2, 0) is 4.74 Å². The van der Waals surface area contributed by atoms with Crippen LogP contribution in [0.15, 0.2) is 18.2 Å². The van der Waals surface area contributed by atoms with Crippen molar-refractivity contribution >= 4 is 11.8 Å². The Bertz CT molecular complexity index is 493. The Morgan fingerprint density at radius 1 is 1.60 bits per heavy atom. The third-order valence-electron chi connectivity index (χ3n) is 3.53. The van der Waals surface area contributed by atoms with Gasteiger partial charge in [0.15, 0.2) is 0 Å². The second kappa shape index (κ2) is 6.09. The maximum Gasteiger partial charge on any atom is 0.407 e. The van der Waals surface area contributed by atoms with Crippen molar-refractivity contribution in [2.45, 2.75) is 25.4 Å². The molecule has 1 heterocycles. The van der Waals surface area contributed by atoms with Gasteiger partial charge in [0.25, 0.3) is 0 Å². The fourth-order valence-corrected chi connectivity index (χ4v) is 2.39. The molecule has 1 amide bonds. The van der Waals surface area contributed by atoms with Crippen LogP contribution in [0.4, 0.5) is 14.9 Å². The summed E-state index contributed by atoms with van der Waals surface area (Å²) >= 11 is 0. The first kappa shape index (κ1) is 14.6. The van der Waals surface area contributed by atoms with Crippen LogP contribution in [0.1, 0.15) is 24.9 Å². The van der Waals surface area contributed by atoms with E-state index < -0.39 is 6.09 Å². The van der Waals surface area contributed by atoms with Gasteiger partial charge in [-0.2, -0.15) is 0 Å². The molecule has 20 heavy (non-hydrogen) atoms. The van der Waals surface area contributed by atoms with Crippen molar-refractivity contribution in [3.05, 3.63) is 29.6 Å². The summed E-state index contributed by atoms with van der Waals surface area (Å²) in [6.45, 7) is 3.09. The molecule has 0 aliphatic carbocycles. The topological polar surface area (TPSA) is 67.6 Å². The summed E-state index contributed by atoms with van der Waals surface area (Å²) in [5.74, 6) is -0.279. The average Bonchev–Trinajstić information content (AvgIpc) is 2.86. The highest BCUT2D eigenvalue weighted by Crippen LogP contribution is 2.26. The van der Waals surface area contributed by atoms with Gasteiger partial charge in [-0.15, -0.1) is 0 Å². The Balaban J connectivity index is 2.04. The Kier molecular flexibility index (Phi) is 4.44. The van der Waals surface area contributed by atoms with Crippen molar-refractivity contribution in [1.82, 2.24) is 5.32 Å². The molecule has 1 aromatic rings. The van der Waals surface area contributed by atoms with Crippen LogP contribution >= 0.6 is 0 Å². The number of carbonyl (C=O) groups excluding carboxylic acids is 1. The van der Waals surface area contributed by atoms with Crippen molar-refractivity contribution in [3.63, 3.8) is 0 Å². The maximum absolute atomic E-state index is 14.1. The Morgan fingerprint density at radius 2 is 2.35 bits per heavy atom. The molecule has 1 saturated heterocycles. The normalized spacial score (nSPS) is 19.8. The van der Waals surface area contributed by atoms with Crippen molar-refractivity contribution in [1.29, 1.82) is 0 Å². The number of alkyl carbamates (subject to hydrolysis) is 1. The predicted molar refractivity (Wildman–Crippen MR) is 75.2 cm³/mol. The molecule has 0 radical (unpaired) electrons. The van der Waals surface area contributed by atoms with Gasteiger partial charge in [0.1, 0.15) is 5.82 Å². The van der Waals surface area contributed by atoms with Gasteiger partial charge in [-0.25, -0.2) is 9.18 Å². The molecule has 1 aromatic carbocycles. The van der Waals surface area contributed by atoms with E-state index in [0.29, 0.717) is 18.8 Å². The molecular weight excluding hydrogens is 261 g/mol. The van der Waals surface area contributed by atoms with E-state index in [9.17, 15) is 9.18 Å². The first-order valence-corrected chi connectivity index (χ1v) is 6.65. The van der Waals surface area contributed by atoms with E-state index in [1.54, 1.807) is 6.07 Å². The van der Waals surface area contributed by atoms with E-state index >= 15 is 0 Å². The number of methoxy groups -OCH3 is 1. The summed E-state index contributed by atoms with van der Waals surface area (Å²) in [6, 6.07) is 4.85. The number of nitrogens with one attached hydrogen (secondary N) is 1. The van der Waals surface area contributed by atoms with E-state index in [1.165, 1.54) is 13.2 Å². The standard InChI is InChI=1S/C14H20FN3O2/c1-9(16)10-3-4-13(12(15)7-10)18-6-5-11(8-18)17-14(19)20-2/h3-4,7,9,11H,5-6,8,16H2,1-2H3,(H,17,19)/t9-,11?/m0/s1. The summed E-state index contributed by atoms with van der Waals surface area (Å²) in [7, 11) is 1.33. The molecule has 6 heteroatoms. The van der Waals surface area contributed by atoms with Gasteiger partial charge >= 0.3 is 6.09 Å². The summed E-state index contributed by atoms with van der Waals surface area (Å²) in [5, 5.41) is 2.73. The first-order valence-electron chi connectivity index (χ1n) is 6.65. The number of hydrogen-bond donors (Lipinski definition) is 2. The van der Waals surface area contributed by atoms with Crippen LogP contribution in [-0.4, -0.2) is 32.3 Å². The van der Waals surface area contributed by atoms with Crippen molar-refractivity contribution in [2.75, 3.05) is 25.1 Å². The van der Waals surface area contributed by atoms with E-state index in [1.807, 2.05) is 17.9 Å². The zero-order valence-electron chi connectivity index (χ0n) is 11.7. The number of halogens is 1. The monoisotopic (exact) mass is 281 g/mol. The van der Waals surface area contributed by atoms with Crippen LogP contribution in [0.2, 0.25) is 0 Å². The minimum atomic E-state index is -0.454. The van der Waals surface area contributed by atoms with Crippen LogP contribution in [0, 0.1) is 5.82 Å². The first-order chi connectivity index (χ1) is 9.51. The lowest BCUT2D eigenvalue weighted by Crippen LogP contribution is -2.37. The molecule has 0 spiro atoms. The highest BCUT2D eigenvalue weighted by atomic mass is 19.1. The van der Waals surface area contributed by atoms with Gasteiger partial charge in [0.2, 0.25) is 0 Å². The van der Waals surface area contributed by atoms with Gasteiger partial charge < -0.3 is 20.7 Å². The van der Waals surface area contributed by atoms with Crippen molar-refractivity contribution < 1.29 is 13.9 Å². The molecule has 0 bridgehead atoms. The molecule has 1 aliphatic rings. The van der Waals surface area contributed by atoms with Crippen LogP contribution < -0.4 is 16.0 Å². The molecular formula is C14H20FN3O2. The van der Waals surface area contributed by atoms with E-state index in [-0.39, 0.29) is 17.9 Å². The van der Waals surface area contributed by atoms with Crippen LogP contribution in [0.3, 0.4) is 0 Å². The van der Waals surface area contributed by atoms with Gasteiger partial charge in [0, 0.05) is 19.1 Å². The second-order valence-corrected chi connectivity index (χ2v) is 5.07. The fourth-order valence-electron chi connectivity index (χ4n) is 2.39. The van der Waals surface area contributed by atoms with E-state index in [0.717, 1.165) is 12.0 Å². The molecule has 1 aliphatic heterocycles. The maximum atomic E-state index is 14.1. The third kappa shape index (κ3) is 3.19. The Labute approximate surface area is 117 Å². The minimum absolute atomic E-state index is 0.0186. The molecule has 5 nitrogen and oxygen atoms in total. The molecule has 1 unspecified atom stereocenters. The molecule has 3 N–H and O–H groups in total. The molecule has 2 rings (SSSR count). The quantitative estimate of drug-likeness (QED) is 0.886. The average molecular weight is 281 g/mol. The van der Waals surface area contributed by atoms with E-state index in [4.69, 9.17) is 5.73 Å². The predicted octanol–water partition coefficient (Wildman–Crippen LogP) is 1.78. The summed E-state index contributed by atoms with van der Waals surface area (Å²) in [4.78, 5) is 13.1. The number of nitrogens with zero attached hydrogens (tertiary/aromatic N) is 1. The van der Waals surface area contributed by atoms with Crippen molar-refractivity contribution in [2.24, 2.45) is 5.73 Å². The lowest BCUT2D eigenvalue weighted by Gasteiger charge is -2.20. The number of hydrogen-bond acceptors (Lipinski definition) is 4. The summed E-state index contributed by atoms with van der Waals surface area (Å²) in [5.41, 5.74) is 7.05. The van der Waals surface area contributed by atoms with Gasteiger partial charge in [-0.3, -0.25) is 0 Å². The Hall–Kier alpha value is -1.82. The molecule has 0 saturated carbocycles. The van der Waals surface area contributed by atoms with Gasteiger partial charge in [-0.1, -0.05) is 6.07 Å². The second-order valence-electron chi connectivity index (χ2n) is 5.07. The lowest BCUT2D eigenvalue weighted by atomic mass is 10.1. The number of amides is 1. The lowest BCUT2D eigenvalue weighted by molar-refractivity contribution is 0.167. The van der Waals surface area contributed by atoms with Crippen LogP contribution in [0.25, 0.3) is 0 Å². The molecule has 2 atom stereocenters. The highest BCUT2D eigenvalue weighted by molar-refractivity contribution is 5.67. The fraction of sp³-hybridized carbons (Fsp3) is 0.500. The number of rotatable bonds is 3. The zero-order chi connectivity index (χ0) is 14.7. The molecule has 1 fully saturated rings.